The molecule has 0 bridgehead atoms. The number of hydrogen-bond acceptors (Lipinski definition) is 3. The third-order valence-electron chi connectivity index (χ3n) is 3.55. The van der Waals surface area contributed by atoms with Crippen LogP contribution in [0.5, 0.6) is 0 Å². The Morgan fingerprint density at radius 1 is 1.33 bits per heavy atom. The molecule has 0 saturated heterocycles. The molecule has 1 aromatic heterocycles. The molecule has 2 atom stereocenters. The van der Waals surface area contributed by atoms with Crippen LogP contribution in [0.25, 0.3) is 10.8 Å². The van der Waals surface area contributed by atoms with Crippen molar-refractivity contribution >= 4 is 10.8 Å². The highest BCUT2D eigenvalue weighted by Gasteiger charge is 2.19. The molecule has 0 aliphatic heterocycles. The molecule has 0 aliphatic carbocycles. The Balaban J connectivity index is 2.44. The van der Waals surface area contributed by atoms with Gasteiger partial charge in [0.1, 0.15) is 0 Å². The minimum absolute atomic E-state index is 0.179. The summed E-state index contributed by atoms with van der Waals surface area (Å²) in [7, 11) is 0. The van der Waals surface area contributed by atoms with E-state index in [2.05, 4.69) is 42.5 Å². The van der Waals surface area contributed by atoms with Crippen LogP contribution in [0.4, 0.5) is 0 Å². The van der Waals surface area contributed by atoms with Crippen molar-refractivity contribution in [2.75, 3.05) is 0 Å². The van der Waals surface area contributed by atoms with Crippen molar-refractivity contribution in [3.8, 4) is 0 Å². The summed E-state index contributed by atoms with van der Waals surface area (Å²) in [6.45, 7) is 4.44. The van der Waals surface area contributed by atoms with E-state index in [1.54, 1.807) is 0 Å². The van der Waals surface area contributed by atoms with Gasteiger partial charge in [0.25, 0.3) is 0 Å². The Hall–Kier alpha value is -1.45. The predicted octanol–water partition coefficient (Wildman–Crippen LogP) is 3.18. The molecule has 1 heterocycles. The highest BCUT2D eigenvalue weighted by Crippen LogP contribution is 2.30. The normalized spacial score (nSPS) is 14.6. The van der Waals surface area contributed by atoms with E-state index >= 15 is 0 Å². The molecule has 0 amide bonds. The van der Waals surface area contributed by atoms with E-state index in [1.165, 1.54) is 22.8 Å². The van der Waals surface area contributed by atoms with Gasteiger partial charge in [-0.05, 0) is 29.4 Å². The molecule has 3 nitrogen and oxygen atoms in total. The van der Waals surface area contributed by atoms with Crippen LogP contribution in [0.1, 0.15) is 38.3 Å². The highest BCUT2D eigenvalue weighted by molar-refractivity contribution is 5.85. The van der Waals surface area contributed by atoms with Gasteiger partial charge in [-0.3, -0.25) is 16.3 Å². The zero-order valence-electron chi connectivity index (χ0n) is 11.1. The molecule has 0 aliphatic rings. The molecule has 3 heteroatoms. The maximum Gasteiger partial charge on any atom is 0.0492 e. The second-order valence-electron chi connectivity index (χ2n) is 4.85. The molecule has 18 heavy (non-hydrogen) atoms. The first-order chi connectivity index (χ1) is 8.77. The molecule has 0 spiro atoms. The molecule has 2 unspecified atom stereocenters. The number of hydrogen-bond donors (Lipinski definition) is 2. The second kappa shape index (κ2) is 5.94. The van der Waals surface area contributed by atoms with Crippen LogP contribution in [0, 0.1) is 5.92 Å². The SMILES string of the molecule is CCCC(C)C(NN)c1cccc2ccncc12. The van der Waals surface area contributed by atoms with Gasteiger partial charge in [0, 0.05) is 23.8 Å². The van der Waals surface area contributed by atoms with Gasteiger partial charge in [-0.25, -0.2) is 0 Å². The second-order valence-corrected chi connectivity index (χ2v) is 4.85. The van der Waals surface area contributed by atoms with Crippen molar-refractivity contribution in [2.24, 2.45) is 11.8 Å². The lowest BCUT2D eigenvalue weighted by Crippen LogP contribution is -2.32. The lowest BCUT2D eigenvalue weighted by molar-refractivity contribution is 0.370. The smallest absolute Gasteiger partial charge is 0.0492 e. The van der Waals surface area contributed by atoms with Crippen molar-refractivity contribution in [1.82, 2.24) is 10.4 Å². The predicted molar refractivity (Wildman–Crippen MR) is 75.9 cm³/mol. The van der Waals surface area contributed by atoms with Gasteiger partial charge < -0.3 is 0 Å². The fourth-order valence-corrected chi connectivity index (χ4v) is 2.59. The summed E-state index contributed by atoms with van der Waals surface area (Å²) in [5.41, 5.74) is 4.21. The first-order valence-corrected chi connectivity index (χ1v) is 6.56. The summed E-state index contributed by atoms with van der Waals surface area (Å²) >= 11 is 0. The zero-order chi connectivity index (χ0) is 13.0. The van der Waals surface area contributed by atoms with Gasteiger partial charge in [-0.1, -0.05) is 38.5 Å². The van der Waals surface area contributed by atoms with Crippen LogP contribution < -0.4 is 11.3 Å². The molecule has 1 aromatic carbocycles. The van der Waals surface area contributed by atoms with Crippen molar-refractivity contribution in [3.05, 3.63) is 42.2 Å². The molecule has 3 N–H and O–H groups in total. The Kier molecular flexibility index (Phi) is 4.28. The van der Waals surface area contributed by atoms with E-state index < -0.39 is 0 Å². The van der Waals surface area contributed by atoms with Crippen LogP contribution >= 0.6 is 0 Å². The number of aromatic nitrogens is 1. The Labute approximate surface area is 108 Å². The molecule has 0 fully saturated rings. The molecular weight excluding hydrogens is 222 g/mol. The lowest BCUT2D eigenvalue weighted by atomic mass is 9.89. The van der Waals surface area contributed by atoms with Crippen LogP contribution in [-0.4, -0.2) is 4.98 Å². The minimum Gasteiger partial charge on any atom is -0.271 e. The van der Waals surface area contributed by atoms with Gasteiger partial charge in [0.2, 0.25) is 0 Å². The average Bonchev–Trinajstić information content (AvgIpc) is 2.40. The lowest BCUT2D eigenvalue weighted by Gasteiger charge is -2.24. The number of fused-ring (bicyclic) bond motifs is 1. The van der Waals surface area contributed by atoms with Crippen molar-refractivity contribution < 1.29 is 0 Å². The van der Waals surface area contributed by atoms with Gasteiger partial charge in [-0.2, -0.15) is 0 Å². The number of nitrogens with two attached hydrogens (primary N) is 1. The van der Waals surface area contributed by atoms with E-state index in [9.17, 15) is 0 Å². The summed E-state index contributed by atoms with van der Waals surface area (Å²) in [5.74, 6) is 6.26. The summed E-state index contributed by atoms with van der Waals surface area (Å²) in [6, 6.07) is 8.55. The zero-order valence-corrected chi connectivity index (χ0v) is 11.1. The Morgan fingerprint density at radius 2 is 2.17 bits per heavy atom. The number of rotatable bonds is 5. The fraction of sp³-hybridized carbons (Fsp3) is 0.400. The summed E-state index contributed by atoms with van der Waals surface area (Å²) in [5, 5.41) is 2.40. The summed E-state index contributed by atoms with van der Waals surface area (Å²) in [6.07, 6.45) is 6.08. The molecule has 0 radical (unpaired) electrons. The van der Waals surface area contributed by atoms with Crippen LogP contribution in [-0.2, 0) is 0 Å². The molecular formula is C15H21N3. The van der Waals surface area contributed by atoms with Gasteiger partial charge in [-0.15, -0.1) is 0 Å². The number of pyridine rings is 1. The first-order valence-electron chi connectivity index (χ1n) is 6.56. The van der Waals surface area contributed by atoms with Crippen LogP contribution in [0.15, 0.2) is 36.7 Å². The van der Waals surface area contributed by atoms with Crippen molar-refractivity contribution in [1.29, 1.82) is 0 Å². The van der Waals surface area contributed by atoms with Gasteiger partial charge in [0.05, 0.1) is 0 Å². The van der Waals surface area contributed by atoms with Gasteiger partial charge in [0.15, 0.2) is 0 Å². The largest absolute Gasteiger partial charge is 0.271 e. The summed E-state index contributed by atoms with van der Waals surface area (Å²) < 4.78 is 0. The summed E-state index contributed by atoms with van der Waals surface area (Å²) in [4.78, 5) is 4.23. The van der Waals surface area contributed by atoms with E-state index in [-0.39, 0.29) is 6.04 Å². The molecule has 2 aromatic rings. The Morgan fingerprint density at radius 3 is 2.89 bits per heavy atom. The number of hydrazine groups is 1. The number of nitrogens with zero attached hydrogens (tertiary/aromatic N) is 1. The molecule has 0 saturated carbocycles. The van der Waals surface area contributed by atoms with Crippen LogP contribution in [0.2, 0.25) is 0 Å². The Bertz CT molecular complexity index is 505. The molecule has 2 rings (SSSR count). The maximum atomic E-state index is 5.76. The third-order valence-corrected chi connectivity index (χ3v) is 3.55. The maximum absolute atomic E-state index is 5.76. The average molecular weight is 243 g/mol. The minimum atomic E-state index is 0.179. The van der Waals surface area contributed by atoms with Gasteiger partial charge >= 0.3 is 0 Å². The van der Waals surface area contributed by atoms with Crippen molar-refractivity contribution in [3.63, 3.8) is 0 Å². The standard InChI is InChI=1S/C15H21N3/c1-3-5-11(2)15(18-16)13-7-4-6-12-8-9-17-10-14(12)13/h4,6-11,15,18H,3,5,16H2,1-2H3. The van der Waals surface area contributed by atoms with E-state index in [0.29, 0.717) is 5.92 Å². The monoisotopic (exact) mass is 243 g/mol. The number of nitrogens with one attached hydrogen (secondary N) is 1. The third kappa shape index (κ3) is 2.52. The van der Waals surface area contributed by atoms with E-state index in [1.807, 2.05) is 18.5 Å². The molecule has 96 valence electrons. The fourth-order valence-electron chi connectivity index (χ4n) is 2.59. The highest BCUT2D eigenvalue weighted by atomic mass is 15.2. The van der Waals surface area contributed by atoms with E-state index in [4.69, 9.17) is 5.84 Å². The number of benzene rings is 1. The van der Waals surface area contributed by atoms with Crippen molar-refractivity contribution in [2.45, 2.75) is 32.7 Å². The first kappa shape index (κ1) is 13.0. The topological polar surface area (TPSA) is 50.9 Å². The quantitative estimate of drug-likeness (QED) is 0.626. The van der Waals surface area contributed by atoms with Crippen LogP contribution in [0.3, 0.4) is 0 Å². The van der Waals surface area contributed by atoms with E-state index in [0.717, 1.165) is 6.42 Å².